The zero-order chi connectivity index (χ0) is 20.1. The van der Waals surface area contributed by atoms with E-state index in [9.17, 15) is 19.2 Å². The van der Waals surface area contributed by atoms with Gasteiger partial charge in [0.1, 0.15) is 5.56 Å². The van der Waals surface area contributed by atoms with Crippen LogP contribution in [0.2, 0.25) is 0 Å². The number of carbonyl (C=O) groups is 4. The molecular formula is C18H15N3O6S. The first-order chi connectivity index (χ1) is 13.5. The number of benzene rings is 1. The number of anilines is 1. The Morgan fingerprint density at radius 1 is 1.21 bits per heavy atom. The number of hydrogen-bond donors (Lipinski definition) is 2. The molecule has 0 radical (unpaired) electrons. The van der Waals surface area contributed by atoms with Gasteiger partial charge in [0.2, 0.25) is 17.3 Å². The summed E-state index contributed by atoms with van der Waals surface area (Å²) in [7, 11) is 1.24. The fourth-order valence-corrected chi connectivity index (χ4v) is 3.25. The lowest BCUT2D eigenvalue weighted by atomic mass is 9.99. The van der Waals surface area contributed by atoms with Gasteiger partial charge >= 0.3 is 6.09 Å². The van der Waals surface area contributed by atoms with Gasteiger partial charge < -0.3 is 19.9 Å². The summed E-state index contributed by atoms with van der Waals surface area (Å²) in [6.07, 6.45) is 0.541. The number of methoxy groups -OCH3 is 1. The molecule has 0 atom stereocenters. The quantitative estimate of drug-likeness (QED) is 0.706. The van der Waals surface area contributed by atoms with Crippen LogP contribution in [0.1, 0.15) is 31.4 Å². The molecule has 10 heteroatoms. The molecule has 2 amide bonds. The highest BCUT2D eigenvalue weighted by molar-refractivity contribution is 8.04. The molecule has 0 unspecified atom stereocenters. The molecule has 28 heavy (non-hydrogen) atoms. The molecular weight excluding hydrogens is 386 g/mol. The molecule has 0 bridgehead atoms. The number of carbonyl (C=O) groups excluding carboxylic acids is 4. The second-order valence-corrected chi connectivity index (χ2v) is 6.66. The van der Waals surface area contributed by atoms with Crippen molar-refractivity contribution in [1.29, 1.82) is 0 Å². The minimum atomic E-state index is -0.657. The summed E-state index contributed by atoms with van der Waals surface area (Å²) in [5, 5.41) is 8.69. The van der Waals surface area contributed by atoms with Crippen LogP contribution in [0.15, 0.2) is 45.8 Å². The predicted octanol–water partition coefficient (Wildman–Crippen LogP) is 2.28. The number of aromatic nitrogens is 1. The van der Waals surface area contributed by atoms with Crippen molar-refractivity contribution in [2.24, 2.45) is 0 Å². The Balaban J connectivity index is 1.74. The van der Waals surface area contributed by atoms with Crippen LogP contribution in [0.4, 0.5) is 10.5 Å². The molecule has 144 valence electrons. The Kier molecular flexibility index (Phi) is 5.90. The third-order valence-electron chi connectivity index (χ3n) is 3.69. The Morgan fingerprint density at radius 2 is 1.96 bits per heavy atom. The van der Waals surface area contributed by atoms with Crippen molar-refractivity contribution < 1.29 is 28.4 Å². The van der Waals surface area contributed by atoms with Crippen molar-refractivity contribution in [3.8, 4) is 0 Å². The molecule has 1 aromatic carbocycles. The number of allylic oxidation sites excluding steroid dienone is 2. The molecule has 9 nitrogen and oxygen atoms in total. The number of nitrogens with one attached hydrogen (secondary N) is 2. The van der Waals surface area contributed by atoms with Gasteiger partial charge in [-0.15, -0.1) is 11.8 Å². The smallest absolute Gasteiger partial charge is 0.406 e. The van der Waals surface area contributed by atoms with Crippen molar-refractivity contribution >= 4 is 41.0 Å². The van der Waals surface area contributed by atoms with Crippen molar-refractivity contribution in [1.82, 2.24) is 10.5 Å². The Labute approximate surface area is 163 Å². The van der Waals surface area contributed by atoms with E-state index in [4.69, 9.17) is 4.52 Å². The molecule has 2 aromatic rings. The average Bonchev–Trinajstić information content (AvgIpc) is 3.15. The number of nitrogens with zero attached hydrogens (tertiary/aromatic N) is 1. The van der Waals surface area contributed by atoms with E-state index in [1.807, 2.05) is 0 Å². The van der Waals surface area contributed by atoms with Crippen LogP contribution < -0.4 is 10.6 Å². The third kappa shape index (κ3) is 4.12. The number of thioether (sulfide) groups is 1. The van der Waals surface area contributed by atoms with Crippen molar-refractivity contribution in [3.63, 3.8) is 0 Å². The first-order valence-corrected chi connectivity index (χ1v) is 9.11. The largest absolute Gasteiger partial charge is 0.453 e. The van der Waals surface area contributed by atoms with Crippen molar-refractivity contribution in [3.05, 3.63) is 58.3 Å². The number of ketones is 2. The summed E-state index contributed by atoms with van der Waals surface area (Å²) in [6, 6.07) is 8.61. The van der Waals surface area contributed by atoms with E-state index in [1.165, 1.54) is 7.11 Å². The zero-order valence-corrected chi connectivity index (χ0v) is 15.5. The van der Waals surface area contributed by atoms with Crippen molar-refractivity contribution in [2.45, 2.75) is 0 Å². The monoisotopic (exact) mass is 401 g/mol. The second kappa shape index (κ2) is 8.53. The third-order valence-corrected chi connectivity index (χ3v) is 4.71. The molecule has 2 N–H and O–H groups in total. The topological polar surface area (TPSA) is 128 Å². The molecule has 0 saturated heterocycles. The number of fused-ring (bicyclic) bond motifs is 1. The molecule has 1 aliphatic rings. The van der Waals surface area contributed by atoms with Gasteiger partial charge in [-0.05, 0) is 12.1 Å². The van der Waals surface area contributed by atoms with Gasteiger partial charge in [0.15, 0.2) is 5.69 Å². The number of hydrogen-bond acceptors (Lipinski definition) is 8. The van der Waals surface area contributed by atoms with Crippen LogP contribution in [-0.4, -0.2) is 48.1 Å². The predicted molar refractivity (Wildman–Crippen MR) is 101 cm³/mol. The van der Waals surface area contributed by atoms with Gasteiger partial charge in [-0.3, -0.25) is 14.4 Å². The van der Waals surface area contributed by atoms with Crippen LogP contribution in [0.3, 0.4) is 0 Å². The molecule has 0 aliphatic heterocycles. The lowest BCUT2D eigenvalue weighted by Gasteiger charge is -2.11. The number of rotatable bonds is 6. The van der Waals surface area contributed by atoms with Gasteiger partial charge in [0, 0.05) is 24.1 Å². The average molecular weight is 401 g/mol. The summed E-state index contributed by atoms with van der Waals surface area (Å²) in [6.45, 7) is 0.230. The highest BCUT2D eigenvalue weighted by Crippen LogP contribution is 2.30. The van der Waals surface area contributed by atoms with Crippen LogP contribution >= 0.6 is 11.8 Å². The van der Waals surface area contributed by atoms with Crippen LogP contribution in [0, 0.1) is 0 Å². The van der Waals surface area contributed by atoms with Crippen molar-refractivity contribution in [2.75, 3.05) is 24.7 Å². The first-order valence-electron chi connectivity index (χ1n) is 8.12. The number of ether oxygens (including phenoxy) is 1. The van der Waals surface area contributed by atoms with Crippen LogP contribution in [0.25, 0.3) is 0 Å². The lowest BCUT2D eigenvalue weighted by Crippen LogP contribution is -2.26. The maximum atomic E-state index is 12.8. The van der Waals surface area contributed by atoms with Gasteiger partial charge in [0.05, 0.1) is 12.0 Å². The molecule has 0 spiro atoms. The van der Waals surface area contributed by atoms with E-state index in [1.54, 1.807) is 30.3 Å². The number of alkyl carbamates (subject to hydrolysis) is 1. The number of Topliss-reactive ketones (excluding diaryl/α,β-unsaturated/α-hetero) is 1. The minimum Gasteiger partial charge on any atom is -0.453 e. The minimum absolute atomic E-state index is 0.140. The summed E-state index contributed by atoms with van der Waals surface area (Å²) in [5.74, 6) is -1.68. The van der Waals surface area contributed by atoms with Crippen LogP contribution in [0.5, 0.6) is 0 Å². The highest BCUT2D eigenvalue weighted by atomic mass is 32.2. The Hall–Kier alpha value is -3.40. The van der Waals surface area contributed by atoms with E-state index < -0.39 is 23.6 Å². The van der Waals surface area contributed by atoms with E-state index in [0.29, 0.717) is 11.4 Å². The molecule has 3 rings (SSSR count). The summed E-state index contributed by atoms with van der Waals surface area (Å²) < 4.78 is 9.39. The number of para-hydroxylation sites is 1. The summed E-state index contributed by atoms with van der Waals surface area (Å²) >= 11 is 1.07. The fourth-order valence-electron chi connectivity index (χ4n) is 2.40. The highest BCUT2D eigenvalue weighted by Gasteiger charge is 2.36. The normalized spacial score (nSPS) is 12.8. The molecule has 0 fully saturated rings. The molecule has 1 aromatic heterocycles. The van der Waals surface area contributed by atoms with E-state index in [-0.39, 0.29) is 28.5 Å². The van der Waals surface area contributed by atoms with Gasteiger partial charge in [-0.2, -0.15) is 0 Å². The van der Waals surface area contributed by atoms with E-state index >= 15 is 0 Å². The van der Waals surface area contributed by atoms with E-state index in [2.05, 4.69) is 20.5 Å². The second-order valence-electron chi connectivity index (χ2n) is 5.52. The van der Waals surface area contributed by atoms with E-state index in [0.717, 1.165) is 17.8 Å². The number of amides is 2. The molecule has 1 aliphatic carbocycles. The molecule has 1 heterocycles. The lowest BCUT2D eigenvalue weighted by molar-refractivity contribution is 0.0967. The summed E-state index contributed by atoms with van der Waals surface area (Å²) in [5.41, 5.74) is 0.0957. The van der Waals surface area contributed by atoms with Gasteiger partial charge in [-0.25, -0.2) is 4.79 Å². The summed E-state index contributed by atoms with van der Waals surface area (Å²) in [4.78, 5) is 48.6. The SMILES string of the molecule is COC(=O)NCCSC1=CC(=O)c2onc(C(=O)Nc3ccccc3)c2C1=O. The zero-order valence-electron chi connectivity index (χ0n) is 14.7. The van der Waals surface area contributed by atoms with Gasteiger partial charge in [-0.1, -0.05) is 23.4 Å². The maximum Gasteiger partial charge on any atom is 0.406 e. The fraction of sp³-hybridized carbons (Fsp3) is 0.167. The first kappa shape index (κ1) is 19.4. The molecule has 0 saturated carbocycles. The maximum absolute atomic E-state index is 12.8. The standard InChI is InChI=1S/C18H15N3O6S/c1-26-18(25)19-7-8-28-12-9-11(22)16-13(15(12)23)14(21-27-16)17(24)20-10-5-3-2-4-6-10/h2-6,9H,7-8H2,1H3,(H,19,25)(H,20,24). The van der Waals surface area contributed by atoms with Crippen LogP contribution in [-0.2, 0) is 4.74 Å². The van der Waals surface area contributed by atoms with Gasteiger partial charge in [0.25, 0.3) is 5.91 Å². The Bertz CT molecular complexity index is 967. The Morgan fingerprint density at radius 3 is 2.68 bits per heavy atom.